The van der Waals surface area contributed by atoms with Crippen LogP contribution in [-0.4, -0.2) is 45.1 Å². The van der Waals surface area contributed by atoms with Crippen LogP contribution in [0.1, 0.15) is 6.92 Å². The van der Waals surface area contributed by atoms with Crippen molar-refractivity contribution in [3.63, 3.8) is 0 Å². The van der Waals surface area contributed by atoms with Gasteiger partial charge in [-0.3, -0.25) is 0 Å². The summed E-state index contributed by atoms with van der Waals surface area (Å²) in [5, 5.41) is 8.53. The van der Waals surface area contributed by atoms with E-state index in [2.05, 4.69) is 4.40 Å². The lowest BCUT2D eigenvalue weighted by molar-refractivity contribution is -0.129. The van der Waals surface area contributed by atoms with E-state index in [0.717, 1.165) is 6.08 Å². The molecular formula is C7H9NO6S2. The molecule has 7 nitrogen and oxygen atoms in total. The van der Waals surface area contributed by atoms with Gasteiger partial charge in [-0.05, 0) is 6.08 Å². The molecule has 0 saturated heterocycles. The number of aliphatic carboxylic acids is 1. The van der Waals surface area contributed by atoms with E-state index in [1.807, 2.05) is 0 Å². The minimum absolute atomic E-state index is 0.220. The van der Waals surface area contributed by atoms with E-state index in [1.54, 1.807) is 0 Å². The summed E-state index contributed by atoms with van der Waals surface area (Å²) in [6, 6.07) is 0. The molecule has 1 rings (SSSR count). The smallest absolute Gasteiger partial charge is 0.355 e. The normalized spacial score (nSPS) is 19.1. The van der Waals surface area contributed by atoms with Crippen molar-refractivity contribution in [2.45, 2.75) is 6.92 Å². The van der Waals surface area contributed by atoms with Gasteiger partial charge in [0.2, 0.25) is 0 Å². The fourth-order valence-electron chi connectivity index (χ4n) is 0.977. The van der Waals surface area contributed by atoms with Gasteiger partial charge in [-0.2, -0.15) is 12.8 Å². The second kappa shape index (κ2) is 3.98. The maximum absolute atomic E-state index is 11.3. The molecule has 0 aliphatic carbocycles. The average Bonchev–Trinajstić information content (AvgIpc) is 2.42. The Hall–Kier alpha value is -1.22. The van der Waals surface area contributed by atoms with Crippen molar-refractivity contribution in [3.8, 4) is 0 Å². The molecule has 0 aromatic carbocycles. The first-order valence-corrected chi connectivity index (χ1v) is 7.43. The second-order valence-corrected chi connectivity index (χ2v) is 7.05. The van der Waals surface area contributed by atoms with Gasteiger partial charge in [0.25, 0.3) is 10.0 Å². The molecule has 1 aliphatic heterocycles. The third-order valence-corrected chi connectivity index (χ3v) is 5.04. The Morgan fingerprint density at radius 3 is 2.44 bits per heavy atom. The third-order valence-electron chi connectivity index (χ3n) is 1.87. The SMILES string of the molecule is CCS(=O)(=O)CC1=CC(C(=O)O)=NS1(=O)=O. The molecule has 0 aromatic heterocycles. The van der Waals surface area contributed by atoms with Crippen LogP contribution in [0.4, 0.5) is 0 Å². The molecule has 0 bridgehead atoms. The van der Waals surface area contributed by atoms with Gasteiger partial charge in [-0.1, -0.05) is 6.92 Å². The van der Waals surface area contributed by atoms with Gasteiger partial charge < -0.3 is 5.11 Å². The van der Waals surface area contributed by atoms with Crippen molar-refractivity contribution in [2.24, 2.45) is 4.40 Å². The first-order chi connectivity index (χ1) is 7.18. The fraction of sp³-hybridized carbons (Fsp3) is 0.429. The molecule has 90 valence electrons. The first-order valence-electron chi connectivity index (χ1n) is 4.17. The van der Waals surface area contributed by atoms with Crippen molar-refractivity contribution < 1.29 is 26.7 Å². The van der Waals surface area contributed by atoms with Crippen molar-refractivity contribution in [1.29, 1.82) is 0 Å². The third kappa shape index (κ3) is 2.67. The molecule has 1 aliphatic rings. The highest BCUT2D eigenvalue weighted by atomic mass is 32.2. The Morgan fingerprint density at radius 1 is 1.50 bits per heavy atom. The minimum atomic E-state index is -4.14. The van der Waals surface area contributed by atoms with Gasteiger partial charge in [-0.25, -0.2) is 13.2 Å². The number of hydrogen-bond donors (Lipinski definition) is 1. The average molecular weight is 267 g/mol. The summed E-state index contributed by atoms with van der Waals surface area (Å²) >= 11 is 0. The molecule has 9 heteroatoms. The minimum Gasteiger partial charge on any atom is -0.476 e. The van der Waals surface area contributed by atoms with Crippen LogP contribution in [0.2, 0.25) is 0 Å². The highest BCUT2D eigenvalue weighted by molar-refractivity contribution is 7.97. The van der Waals surface area contributed by atoms with Gasteiger partial charge in [0, 0.05) is 5.75 Å². The topological polar surface area (TPSA) is 118 Å². The number of sulfonamides is 1. The summed E-state index contributed by atoms with van der Waals surface area (Å²) in [6.07, 6.45) is 0.769. The van der Waals surface area contributed by atoms with E-state index in [4.69, 9.17) is 5.11 Å². The van der Waals surface area contributed by atoms with Crippen LogP contribution >= 0.6 is 0 Å². The number of sulfone groups is 1. The Bertz CT molecular complexity index is 580. The Labute approximate surface area is 92.5 Å². The summed E-state index contributed by atoms with van der Waals surface area (Å²) in [5.41, 5.74) is -0.665. The summed E-state index contributed by atoms with van der Waals surface area (Å²) in [4.78, 5) is 9.99. The lowest BCUT2D eigenvalue weighted by atomic mass is 10.3. The van der Waals surface area contributed by atoms with Crippen LogP contribution in [0.5, 0.6) is 0 Å². The molecule has 0 unspecified atom stereocenters. The van der Waals surface area contributed by atoms with Crippen LogP contribution in [0.15, 0.2) is 15.4 Å². The highest BCUT2D eigenvalue weighted by Gasteiger charge is 2.30. The largest absolute Gasteiger partial charge is 0.476 e. The lowest BCUT2D eigenvalue weighted by Crippen LogP contribution is -2.14. The molecule has 0 atom stereocenters. The molecule has 0 spiro atoms. The Morgan fingerprint density at radius 2 is 2.06 bits per heavy atom. The molecule has 0 amide bonds. The van der Waals surface area contributed by atoms with Gasteiger partial charge in [0.05, 0.1) is 10.7 Å². The fourth-order valence-corrected chi connectivity index (χ4v) is 3.60. The Balaban J connectivity index is 3.12. The van der Waals surface area contributed by atoms with Gasteiger partial charge in [0.1, 0.15) is 0 Å². The van der Waals surface area contributed by atoms with Gasteiger partial charge in [0.15, 0.2) is 15.5 Å². The molecule has 0 saturated carbocycles. The molecule has 0 radical (unpaired) electrons. The van der Waals surface area contributed by atoms with Crippen LogP contribution in [0.3, 0.4) is 0 Å². The molecule has 16 heavy (non-hydrogen) atoms. The van der Waals surface area contributed by atoms with Crippen molar-refractivity contribution in [3.05, 3.63) is 11.0 Å². The standard InChI is InChI=1S/C7H9NO6S2/c1-2-15(11,12)4-5-3-6(7(9)10)8-16(5,13)14/h3H,2,4H2,1H3,(H,9,10). The predicted octanol–water partition coefficient (Wildman–Crippen LogP) is -0.826. The number of carboxylic acids is 1. The summed E-state index contributed by atoms with van der Waals surface area (Å²) < 4.78 is 48.0. The van der Waals surface area contributed by atoms with Gasteiger partial charge >= 0.3 is 5.97 Å². The van der Waals surface area contributed by atoms with Crippen LogP contribution in [-0.2, 0) is 24.7 Å². The van der Waals surface area contributed by atoms with Crippen molar-refractivity contribution >= 4 is 31.5 Å². The molecule has 1 N–H and O–H groups in total. The number of nitrogens with zero attached hydrogens (tertiary/aromatic N) is 1. The monoisotopic (exact) mass is 267 g/mol. The molecule has 0 aromatic rings. The van der Waals surface area contributed by atoms with E-state index < -0.39 is 42.2 Å². The zero-order valence-electron chi connectivity index (χ0n) is 8.24. The van der Waals surface area contributed by atoms with Crippen LogP contribution < -0.4 is 0 Å². The van der Waals surface area contributed by atoms with E-state index >= 15 is 0 Å². The highest BCUT2D eigenvalue weighted by Crippen LogP contribution is 2.19. The number of hydrogen-bond acceptors (Lipinski definition) is 5. The van der Waals surface area contributed by atoms with Gasteiger partial charge in [-0.15, -0.1) is 0 Å². The quantitative estimate of drug-likeness (QED) is 0.710. The van der Waals surface area contributed by atoms with E-state index in [1.165, 1.54) is 6.92 Å². The number of rotatable bonds is 4. The van der Waals surface area contributed by atoms with E-state index in [9.17, 15) is 21.6 Å². The maximum atomic E-state index is 11.3. The van der Waals surface area contributed by atoms with Crippen molar-refractivity contribution in [2.75, 3.05) is 11.5 Å². The molecule has 1 heterocycles. The Kier molecular flexibility index (Phi) is 3.20. The molecule has 0 fully saturated rings. The predicted molar refractivity (Wildman–Crippen MR) is 56.4 cm³/mol. The first kappa shape index (κ1) is 12.8. The lowest BCUT2D eigenvalue weighted by Gasteiger charge is -2.00. The molecular weight excluding hydrogens is 258 g/mol. The summed E-state index contributed by atoms with van der Waals surface area (Å²) in [7, 11) is -7.67. The summed E-state index contributed by atoms with van der Waals surface area (Å²) in [6.45, 7) is 1.37. The number of carboxylic acid groups (broad SMARTS) is 1. The van der Waals surface area contributed by atoms with Crippen molar-refractivity contribution in [1.82, 2.24) is 0 Å². The zero-order valence-corrected chi connectivity index (χ0v) is 9.88. The number of carbonyl (C=O) groups is 1. The second-order valence-electron chi connectivity index (χ2n) is 3.04. The van der Waals surface area contributed by atoms with E-state index in [-0.39, 0.29) is 5.75 Å². The van der Waals surface area contributed by atoms with E-state index in [0.29, 0.717) is 0 Å². The zero-order chi connectivity index (χ0) is 12.6. The van der Waals surface area contributed by atoms with Crippen LogP contribution in [0, 0.1) is 0 Å². The van der Waals surface area contributed by atoms with Crippen LogP contribution in [0.25, 0.3) is 0 Å². The maximum Gasteiger partial charge on any atom is 0.355 e. The summed E-state index contributed by atoms with van der Waals surface area (Å²) in [5.74, 6) is -2.44.